The fourth-order valence-corrected chi connectivity index (χ4v) is 2.97. The molecule has 0 aromatic carbocycles. The Morgan fingerprint density at radius 1 is 1.43 bits per heavy atom. The van der Waals surface area contributed by atoms with Gasteiger partial charge in [-0.25, -0.2) is 24.1 Å². The van der Waals surface area contributed by atoms with Crippen LogP contribution >= 0.6 is 11.3 Å². The van der Waals surface area contributed by atoms with Crippen LogP contribution in [0.25, 0.3) is 0 Å². The molecule has 0 aliphatic carbocycles. The van der Waals surface area contributed by atoms with E-state index in [0.29, 0.717) is 34.3 Å². The zero-order valence-corrected chi connectivity index (χ0v) is 14.3. The summed E-state index contributed by atoms with van der Waals surface area (Å²) in [5.41, 5.74) is 0.965. The molecule has 2 aromatic rings. The number of carbonyl (C=O) groups excluding carboxylic acids is 1. The van der Waals surface area contributed by atoms with Gasteiger partial charge in [0.05, 0.1) is 24.0 Å². The van der Waals surface area contributed by atoms with Gasteiger partial charge in [0.15, 0.2) is 11.6 Å². The third-order valence-corrected chi connectivity index (χ3v) is 4.51. The number of rotatable bonds is 6. The molecule has 124 valence electrons. The number of anilines is 1. The quantitative estimate of drug-likeness (QED) is 0.815. The second-order valence-corrected chi connectivity index (χ2v) is 5.92. The summed E-state index contributed by atoms with van der Waals surface area (Å²) in [6.07, 6.45) is 1.81. The number of carbonyl (C=O) groups is 1. The van der Waals surface area contributed by atoms with Crippen molar-refractivity contribution in [1.82, 2.24) is 15.0 Å². The molecule has 0 saturated carbocycles. The van der Waals surface area contributed by atoms with Gasteiger partial charge in [-0.2, -0.15) is 0 Å². The minimum absolute atomic E-state index is 0.134. The summed E-state index contributed by atoms with van der Waals surface area (Å²) in [5, 5.41) is 3.65. The third kappa shape index (κ3) is 3.82. The lowest BCUT2D eigenvalue weighted by molar-refractivity contribution is 0.0531. The van der Waals surface area contributed by atoms with Crippen molar-refractivity contribution in [3.8, 4) is 0 Å². The predicted octanol–water partition coefficient (Wildman–Crippen LogP) is 3.29. The van der Waals surface area contributed by atoms with Crippen molar-refractivity contribution in [3.05, 3.63) is 33.4 Å². The van der Waals surface area contributed by atoms with Crippen LogP contribution in [0.2, 0.25) is 0 Å². The van der Waals surface area contributed by atoms with E-state index in [1.165, 1.54) is 17.7 Å². The lowest BCUT2D eigenvalue weighted by atomic mass is 10.3. The highest BCUT2D eigenvalue weighted by molar-refractivity contribution is 7.13. The third-order valence-electron chi connectivity index (χ3n) is 3.19. The smallest absolute Gasteiger partial charge is 0.350 e. The van der Waals surface area contributed by atoms with E-state index in [0.717, 1.165) is 0 Å². The number of nitrogens with zero attached hydrogens (tertiary/aromatic N) is 3. The van der Waals surface area contributed by atoms with Crippen molar-refractivity contribution in [3.63, 3.8) is 0 Å². The second kappa shape index (κ2) is 7.45. The standard InChI is InChI=1S/C15H19FN4O2S/c1-5-10-11(16)13(18-7-17-10)19-9(4)14-20-8(3)12(23-14)15(21)22-6-2/h7,9H,5-6H2,1-4H3,(H,17,18,19). The molecule has 1 unspecified atom stereocenters. The Bertz CT molecular complexity index is 705. The summed E-state index contributed by atoms with van der Waals surface area (Å²) < 4.78 is 19.2. The van der Waals surface area contributed by atoms with Crippen molar-refractivity contribution >= 4 is 23.1 Å². The number of esters is 1. The van der Waals surface area contributed by atoms with E-state index >= 15 is 0 Å². The summed E-state index contributed by atoms with van der Waals surface area (Å²) in [7, 11) is 0. The molecule has 1 N–H and O–H groups in total. The molecule has 0 radical (unpaired) electrons. The number of hydrogen-bond donors (Lipinski definition) is 1. The van der Waals surface area contributed by atoms with Crippen LogP contribution in [-0.2, 0) is 11.2 Å². The van der Waals surface area contributed by atoms with Crippen molar-refractivity contribution in [1.29, 1.82) is 0 Å². The Hall–Kier alpha value is -2.09. The van der Waals surface area contributed by atoms with Gasteiger partial charge in [0.25, 0.3) is 0 Å². The molecule has 0 spiro atoms. The molecule has 0 saturated heterocycles. The monoisotopic (exact) mass is 338 g/mol. The first kappa shape index (κ1) is 17.3. The van der Waals surface area contributed by atoms with Crippen LogP contribution in [0, 0.1) is 12.7 Å². The van der Waals surface area contributed by atoms with E-state index in [2.05, 4.69) is 20.3 Å². The van der Waals surface area contributed by atoms with Crippen LogP contribution < -0.4 is 5.32 Å². The fraction of sp³-hybridized carbons (Fsp3) is 0.467. The van der Waals surface area contributed by atoms with Gasteiger partial charge >= 0.3 is 5.97 Å². The second-order valence-electron chi connectivity index (χ2n) is 4.89. The lowest BCUT2D eigenvalue weighted by Crippen LogP contribution is -2.11. The molecule has 0 aliphatic heterocycles. The van der Waals surface area contributed by atoms with E-state index in [9.17, 15) is 9.18 Å². The molecular weight excluding hydrogens is 319 g/mol. The topological polar surface area (TPSA) is 77.0 Å². The normalized spacial score (nSPS) is 12.0. The van der Waals surface area contributed by atoms with Crippen molar-refractivity contribution in [2.45, 2.75) is 40.2 Å². The van der Waals surface area contributed by atoms with Gasteiger partial charge in [0.1, 0.15) is 16.2 Å². The van der Waals surface area contributed by atoms with Crippen LogP contribution in [-0.4, -0.2) is 27.5 Å². The van der Waals surface area contributed by atoms with E-state index in [1.807, 2.05) is 13.8 Å². The first-order chi connectivity index (χ1) is 11.0. The number of aryl methyl sites for hydroxylation is 2. The van der Waals surface area contributed by atoms with Crippen LogP contribution in [0.5, 0.6) is 0 Å². The van der Waals surface area contributed by atoms with Gasteiger partial charge < -0.3 is 10.1 Å². The molecule has 0 amide bonds. The zero-order valence-electron chi connectivity index (χ0n) is 13.5. The Kier molecular flexibility index (Phi) is 5.59. The van der Waals surface area contributed by atoms with Crippen molar-refractivity contribution < 1.29 is 13.9 Å². The lowest BCUT2D eigenvalue weighted by Gasteiger charge is -2.13. The number of thiazole rings is 1. The van der Waals surface area contributed by atoms with Crippen molar-refractivity contribution in [2.24, 2.45) is 0 Å². The molecule has 2 heterocycles. The Balaban J connectivity index is 2.20. The summed E-state index contributed by atoms with van der Waals surface area (Å²) in [5.74, 6) is -0.710. The van der Waals surface area contributed by atoms with E-state index in [4.69, 9.17) is 4.74 Å². The molecule has 0 bridgehead atoms. The summed E-state index contributed by atoms with van der Waals surface area (Å²) in [4.78, 5) is 24.5. The van der Waals surface area contributed by atoms with Crippen molar-refractivity contribution in [2.75, 3.05) is 11.9 Å². The molecule has 0 aliphatic rings. The highest BCUT2D eigenvalue weighted by Gasteiger charge is 2.21. The Morgan fingerprint density at radius 3 is 2.83 bits per heavy atom. The highest BCUT2D eigenvalue weighted by Crippen LogP contribution is 2.27. The minimum Gasteiger partial charge on any atom is -0.462 e. The largest absolute Gasteiger partial charge is 0.462 e. The SMILES string of the molecule is CCOC(=O)c1sc(C(C)Nc2ncnc(CC)c2F)nc1C. The van der Waals surface area contributed by atoms with Crippen LogP contribution in [0.3, 0.4) is 0 Å². The number of ether oxygens (including phenoxy) is 1. The molecule has 6 nitrogen and oxygen atoms in total. The van der Waals surface area contributed by atoms with Gasteiger partial charge in [0, 0.05) is 0 Å². The van der Waals surface area contributed by atoms with Gasteiger partial charge in [-0.1, -0.05) is 6.92 Å². The molecule has 2 aromatic heterocycles. The number of nitrogens with one attached hydrogen (secondary N) is 1. The first-order valence-electron chi connectivity index (χ1n) is 7.38. The maximum absolute atomic E-state index is 14.2. The van der Waals surface area contributed by atoms with Gasteiger partial charge in [-0.3, -0.25) is 0 Å². The summed E-state index contributed by atoms with van der Waals surface area (Å²) in [6.45, 7) is 7.47. The van der Waals surface area contributed by atoms with Gasteiger partial charge in [-0.15, -0.1) is 11.3 Å². The molecular formula is C15H19FN4O2S. The van der Waals surface area contributed by atoms with E-state index < -0.39 is 5.82 Å². The van der Waals surface area contributed by atoms with Gasteiger partial charge in [-0.05, 0) is 27.2 Å². The van der Waals surface area contributed by atoms with Crippen LogP contribution in [0.15, 0.2) is 6.33 Å². The maximum atomic E-state index is 14.2. The van der Waals surface area contributed by atoms with Crippen LogP contribution in [0.4, 0.5) is 10.2 Å². The highest BCUT2D eigenvalue weighted by atomic mass is 32.1. The average molecular weight is 338 g/mol. The molecule has 1 atom stereocenters. The molecule has 8 heteroatoms. The Labute approximate surface area is 138 Å². The van der Waals surface area contributed by atoms with E-state index in [1.54, 1.807) is 13.8 Å². The van der Waals surface area contributed by atoms with Gasteiger partial charge in [0.2, 0.25) is 0 Å². The van der Waals surface area contributed by atoms with Crippen LogP contribution in [0.1, 0.15) is 52.9 Å². The Morgan fingerprint density at radius 2 is 2.17 bits per heavy atom. The fourth-order valence-electron chi connectivity index (χ4n) is 2.01. The molecule has 23 heavy (non-hydrogen) atoms. The van der Waals surface area contributed by atoms with E-state index in [-0.39, 0.29) is 17.8 Å². The zero-order chi connectivity index (χ0) is 17.0. The number of hydrogen-bond acceptors (Lipinski definition) is 7. The predicted molar refractivity (Wildman–Crippen MR) is 86.2 cm³/mol. The minimum atomic E-state index is -0.458. The number of aromatic nitrogens is 3. The summed E-state index contributed by atoms with van der Waals surface area (Å²) >= 11 is 1.24. The first-order valence-corrected chi connectivity index (χ1v) is 8.19. The summed E-state index contributed by atoms with van der Waals surface area (Å²) in [6, 6.07) is -0.295. The number of halogens is 1. The average Bonchev–Trinajstić information content (AvgIpc) is 2.92. The molecule has 0 fully saturated rings. The maximum Gasteiger partial charge on any atom is 0.350 e. The molecule has 2 rings (SSSR count).